The predicted octanol–water partition coefficient (Wildman–Crippen LogP) is 2.67. The average Bonchev–Trinajstić information content (AvgIpc) is 2.07. The van der Waals surface area contributed by atoms with E-state index in [9.17, 15) is 0 Å². The molecule has 1 N–H and O–H groups in total. The summed E-state index contributed by atoms with van der Waals surface area (Å²) in [6, 6.07) is 0.623. The van der Waals surface area contributed by atoms with Crippen molar-refractivity contribution in [3.63, 3.8) is 0 Å². The van der Waals surface area contributed by atoms with E-state index in [2.05, 4.69) is 26.2 Å². The molecule has 4 heteroatoms. The number of hydrogen-bond acceptors (Lipinski definition) is 2. The lowest BCUT2D eigenvalue weighted by Crippen LogP contribution is -2.33. The molecule has 0 aliphatic heterocycles. The average molecular weight is 266 g/mol. The Morgan fingerprint density at radius 3 is 2.77 bits per heavy atom. The van der Waals surface area contributed by atoms with E-state index in [1.54, 1.807) is 13.3 Å². The van der Waals surface area contributed by atoms with E-state index in [4.69, 9.17) is 11.6 Å². The Morgan fingerprint density at radius 2 is 2.38 bits per heavy atom. The molecule has 0 aromatic heterocycles. The van der Waals surface area contributed by atoms with Gasteiger partial charge in [-0.15, -0.1) is 11.6 Å². The molecule has 0 aromatic carbocycles. The van der Waals surface area contributed by atoms with Crippen molar-refractivity contribution in [1.82, 2.24) is 5.32 Å². The normalized spacial score (nSPS) is 19.9. The van der Waals surface area contributed by atoms with Gasteiger partial charge in [-0.3, -0.25) is 4.99 Å². The SMILES string of the molecule is CN=C/C(CCl)=C(/Br)NC1CCC1. The van der Waals surface area contributed by atoms with Gasteiger partial charge in [0, 0.05) is 24.9 Å². The second-order valence-corrected chi connectivity index (χ2v) is 4.19. The van der Waals surface area contributed by atoms with Crippen LogP contribution in [0.3, 0.4) is 0 Å². The highest BCUT2D eigenvalue weighted by Gasteiger charge is 2.17. The summed E-state index contributed by atoms with van der Waals surface area (Å²) in [7, 11) is 1.75. The van der Waals surface area contributed by atoms with E-state index in [1.807, 2.05) is 0 Å². The smallest absolute Gasteiger partial charge is 0.0842 e. The highest BCUT2D eigenvalue weighted by molar-refractivity contribution is 9.11. The van der Waals surface area contributed by atoms with Crippen molar-refractivity contribution >= 4 is 33.7 Å². The number of aliphatic imine (C=N–C) groups is 1. The standard InChI is InChI=1S/C9H14BrClN2/c1-12-6-7(5-11)9(10)13-8-3-2-4-8/h6,8,13H,2-5H2,1H3/b9-7-,12-6?. The van der Waals surface area contributed by atoms with Crippen LogP contribution in [0.5, 0.6) is 0 Å². The minimum Gasteiger partial charge on any atom is -0.376 e. The molecule has 2 nitrogen and oxygen atoms in total. The van der Waals surface area contributed by atoms with Crippen LogP contribution >= 0.6 is 27.5 Å². The van der Waals surface area contributed by atoms with Crippen LogP contribution in [-0.2, 0) is 0 Å². The number of hydrogen-bond donors (Lipinski definition) is 1. The van der Waals surface area contributed by atoms with Crippen LogP contribution in [0.15, 0.2) is 15.2 Å². The summed E-state index contributed by atoms with van der Waals surface area (Å²) in [4.78, 5) is 3.94. The molecule has 0 amide bonds. The quantitative estimate of drug-likeness (QED) is 0.472. The Morgan fingerprint density at radius 1 is 1.69 bits per heavy atom. The van der Waals surface area contributed by atoms with E-state index >= 15 is 0 Å². The van der Waals surface area contributed by atoms with Gasteiger partial charge in [0.15, 0.2) is 0 Å². The highest BCUT2D eigenvalue weighted by Crippen LogP contribution is 2.21. The first-order valence-electron chi connectivity index (χ1n) is 4.41. The molecule has 1 aliphatic carbocycles. The van der Waals surface area contributed by atoms with Crippen molar-refractivity contribution in [1.29, 1.82) is 0 Å². The van der Waals surface area contributed by atoms with Gasteiger partial charge in [0.05, 0.1) is 10.5 Å². The van der Waals surface area contributed by atoms with Gasteiger partial charge in [-0.25, -0.2) is 0 Å². The van der Waals surface area contributed by atoms with Gasteiger partial charge in [-0.1, -0.05) is 0 Å². The maximum atomic E-state index is 5.77. The number of halogens is 2. The summed E-state index contributed by atoms with van der Waals surface area (Å²) in [6.07, 6.45) is 5.63. The number of alkyl halides is 1. The molecule has 1 rings (SSSR count). The molecule has 13 heavy (non-hydrogen) atoms. The number of nitrogens with zero attached hydrogens (tertiary/aromatic N) is 1. The molecule has 0 bridgehead atoms. The fourth-order valence-electron chi connectivity index (χ4n) is 1.13. The third kappa shape index (κ3) is 3.31. The molecular weight excluding hydrogens is 251 g/mol. The summed E-state index contributed by atoms with van der Waals surface area (Å²) in [5.41, 5.74) is 1.01. The van der Waals surface area contributed by atoms with Crippen LogP contribution in [0.25, 0.3) is 0 Å². The van der Waals surface area contributed by atoms with E-state index in [0.29, 0.717) is 11.9 Å². The predicted molar refractivity (Wildman–Crippen MR) is 61.9 cm³/mol. The molecule has 0 radical (unpaired) electrons. The molecule has 0 heterocycles. The Labute approximate surface area is 92.6 Å². The van der Waals surface area contributed by atoms with Crippen LogP contribution in [-0.4, -0.2) is 25.2 Å². The lowest BCUT2D eigenvalue weighted by Gasteiger charge is -2.27. The minimum atomic E-state index is 0.484. The topological polar surface area (TPSA) is 24.4 Å². The zero-order valence-corrected chi connectivity index (χ0v) is 10.0. The molecule has 0 saturated heterocycles. The molecule has 1 saturated carbocycles. The van der Waals surface area contributed by atoms with Gasteiger partial charge in [0.2, 0.25) is 0 Å². The number of nitrogens with one attached hydrogen (secondary N) is 1. The summed E-state index contributed by atoms with van der Waals surface area (Å²) < 4.78 is 0.984. The molecule has 0 unspecified atom stereocenters. The summed E-state index contributed by atoms with van der Waals surface area (Å²) in [5, 5.41) is 3.37. The lowest BCUT2D eigenvalue weighted by molar-refractivity contribution is 0.371. The largest absolute Gasteiger partial charge is 0.376 e. The molecular formula is C9H14BrClN2. The van der Waals surface area contributed by atoms with E-state index < -0.39 is 0 Å². The van der Waals surface area contributed by atoms with Gasteiger partial charge >= 0.3 is 0 Å². The Bertz CT molecular complexity index is 222. The van der Waals surface area contributed by atoms with Gasteiger partial charge < -0.3 is 5.32 Å². The van der Waals surface area contributed by atoms with Gasteiger partial charge in [-0.2, -0.15) is 0 Å². The van der Waals surface area contributed by atoms with E-state index in [-0.39, 0.29) is 0 Å². The minimum absolute atomic E-state index is 0.484. The Hall–Kier alpha value is -0.0200. The molecule has 74 valence electrons. The zero-order chi connectivity index (χ0) is 9.68. The Balaban J connectivity index is 2.51. The third-order valence-corrected chi connectivity index (χ3v) is 3.17. The summed E-state index contributed by atoms with van der Waals surface area (Å²) in [5.74, 6) is 0.484. The maximum absolute atomic E-state index is 5.77. The third-order valence-electron chi connectivity index (χ3n) is 2.15. The van der Waals surface area contributed by atoms with Crippen LogP contribution < -0.4 is 5.32 Å². The number of allylic oxidation sites excluding steroid dienone is 1. The lowest BCUT2D eigenvalue weighted by atomic mass is 9.93. The van der Waals surface area contributed by atoms with Crippen LogP contribution in [0.1, 0.15) is 19.3 Å². The van der Waals surface area contributed by atoms with Gasteiger partial charge in [0.1, 0.15) is 0 Å². The first kappa shape index (κ1) is 11.1. The summed E-state index contributed by atoms with van der Waals surface area (Å²) >= 11 is 9.24. The second-order valence-electron chi connectivity index (χ2n) is 3.13. The highest BCUT2D eigenvalue weighted by atomic mass is 79.9. The van der Waals surface area contributed by atoms with Gasteiger partial charge in [-0.05, 0) is 35.2 Å². The fraction of sp³-hybridized carbons (Fsp3) is 0.667. The van der Waals surface area contributed by atoms with Crippen molar-refractivity contribution in [3.8, 4) is 0 Å². The first-order valence-corrected chi connectivity index (χ1v) is 5.74. The Kier molecular flexibility index (Phi) is 4.81. The van der Waals surface area contributed by atoms with E-state index in [0.717, 1.165) is 10.2 Å². The van der Waals surface area contributed by atoms with Crippen molar-refractivity contribution in [3.05, 3.63) is 10.2 Å². The maximum Gasteiger partial charge on any atom is 0.0842 e. The monoisotopic (exact) mass is 264 g/mol. The molecule has 1 aliphatic rings. The van der Waals surface area contributed by atoms with Crippen molar-refractivity contribution in [2.75, 3.05) is 12.9 Å². The fourth-order valence-corrected chi connectivity index (χ4v) is 2.06. The van der Waals surface area contributed by atoms with Crippen molar-refractivity contribution in [2.24, 2.45) is 4.99 Å². The van der Waals surface area contributed by atoms with Crippen molar-refractivity contribution < 1.29 is 0 Å². The summed E-state index contributed by atoms with van der Waals surface area (Å²) in [6.45, 7) is 0. The molecule has 0 spiro atoms. The first-order chi connectivity index (χ1) is 6.27. The van der Waals surface area contributed by atoms with Gasteiger partial charge in [0.25, 0.3) is 0 Å². The molecule has 0 aromatic rings. The second kappa shape index (κ2) is 5.66. The van der Waals surface area contributed by atoms with Crippen LogP contribution in [0, 0.1) is 0 Å². The zero-order valence-electron chi connectivity index (χ0n) is 7.69. The molecule has 1 fully saturated rings. The van der Waals surface area contributed by atoms with E-state index in [1.165, 1.54) is 19.3 Å². The molecule has 0 atom stereocenters. The van der Waals surface area contributed by atoms with Crippen LogP contribution in [0.4, 0.5) is 0 Å². The number of rotatable bonds is 4. The van der Waals surface area contributed by atoms with Crippen LogP contribution in [0.2, 0.25) is 0 Å². The van der Waals surface area contributed by atoms with Crippen molar-refractivity contribution in [2.45, 2.75) is 25.3 Å².